The van der Waals surface area contributed by atoms with Crippen molar-refractivity contribution >= 4 is 50.9 Å². The number of benzene rings is 2. The molecule has 3 aromatic rings. The van der Waals surface area contributed by atoms with Gasteiger partial charge in [0.1, 0.15) is 5.69 Å². The molecule has 0 aliphatic heterocycles. The van der Waals surface area contributed by atoms with Crippen LogP contribution < -0.4 is 10.6 Å². The van der Waals surface area contributed by atoms with E-state index in [-0.39, 0.29) is 11.6 Å². The van der Waals surface area contributed by atoms with Crippen molar-refractivity contribution in [2.45, 2.75) is 13.8 Å². The first-order chi connectivity index (χ1) is 14.3. The SMILES string of the molecule is COC(=O)Nc1cccc(-c2cccc(NC(=O)c3cc(C)c(Br)cn3)c2Cl)c1C. The predicted molar refractivity (Wildman–Crippen MR) is 122 cm³/mol. The van der Waals surface area contributed by atoms with Gasteiger partial charge < -0.3 is 10.1 Å². The monoisotopic (exact) mass is 487 g/mol. The molecule has 0 radical (unpaired) electrons. The smallest absolute Gasteiger partial charge is 0.411 e. The molecule has 30 heavy (non-hydrogen) atoms. The van der Waals surface area contributed by atoms with Crippen molar-refractivity contribution in [3.8, 4) is 11.1 Å². The first-order valence-corrected chi connectivity index (χ1v) is 10.2. The van der Waals surface area contributed by atoms with Crippen LogP contribution in [-0.4, -0.2) is 24.1 Å². The number of hydrogen-bond donors (Lipinski definition) is 2. The summed E-state index contributed by atoms with van der Waals surface area (Å²) in [5, 5.41) is 5.89. The number of nitrogens with one attached hydrogen (secondary N) is 2. The summed E-state index contributed by atoms with van der Waals surface area (Å²) >= 11 is 10.0. The van der Waals surface area contributed by atoms with Crippen molar-refractivity contribution in [2.24, 2.45) is 0 Å². The Bertz CT molecular complexity index is 1130. The lowest BCUT2D eigenvalue weighted by Gasteiger charge is -2.15. The van der Waals surface area contributed by atoms with Crippen molar-refractivity contribution in [3.05, 3.63) is 75.0 Å². The van der Waals surface area contributed by atoms with E-state index in [0.717, 1.165) is 26.7 Å². The van der Waals surface area contributed by atoms with E-state index >= 15 is 0 Å². The molecule has 0 saturated carbocycles. The first-order valence-electron chi connectivity index (χ1n) is 8.98. The third kappa shape index (κ3) is 4.63. The Balaban J connectivity index is 1.94. The summed E-state index contributed by atoms with van der Waals surface area (Å²) in [6.07, 6.45) is 1.03. The Kier molecular flexibility index (Phi) is 6.74. The summed E-state index contributed by atoms with van der Waals surface area (Å²) in [4.78, 5) is 28.4. The van der Waals surface area contributed by atoms with Crippen LogP contribution in [0.1, 0.15) is 21.6 Å². The van der Waals surface area contributed by atoms with Gasteiger partial charge in [-0.3, -0.25) is 10.1 Å². The van der Waals surface area contributed by atoms with Crippen LogP contribution in [0.25, 0.3) is 11.1 Å². The average Bonchev–Trinajstić information content (AvgIpc) is 2.73. The number of carbonyl (C=O) groups excluding carboxylic acids is 2. The van der Waals surface area contributed by atoms with E-state index in [0.29, 0.717) is 16.4 Å². The van der Waals surface area contributed by atoms with E-state index in [2.05, 4.69) is 36.3 Å². The zero-order chi connectivity index (χ0) is 21.8. The highest BCUT2D eigenvalue weighted by atomic mass is 79.9. The Labute approximate surface area is 187 Å². The van der Waals surface area contributed by atoms with Gasteiger partial charge in [0.2, 0.25) is 0 Å². The quantitative estimate of drug-likeness (QED) is 0.457. The van der Waals surface area contributed by atoms with Crippen molar-refractivity contribution in [1.82, 2.24) is 4.98 Å². The molecule has 0 aliphatic carbocycles. The minimum Gasteiger partial charge on any atom is -0.453 e. The molecule has 0 spiro atoms. The van der Waals surface area contributed by atoms with Gasteiger partial charge in [-0.05, 0) is 64.7 Å². The number of hydrogen-bond acceptors (Lipinski definition) is 4. The molecular weight excluding hydrogens is 470 g/mol. The van der Waals surface area contributed by atoms with Crippen LogP contribution in [0.2, 0.25) is 5.02 Å². The molecule has 0 bridgehead atoms. The maximum absolute atomic E-state index is 12.6. The normalized spacial score (nSPS) is 10.4. The van der Waals surface area contributed by atoms with E-state index in [1.807, 2.05) is 32.0 Å². The number of anilines is 2. The lowest BCUT2D eigenvalue weighted by molar-refractivity contribution is 0.102. The molecule has 1 aromatic heterocycles. The van der Waals surface area contributed by atoms with Gasteiger partial charge in [-0.2, -0.15) is 0 Å². The fraction of sp³-hybridized carbons (Fsp3) is 0.136. The van der Waals surface area contributed by atoms with Crippen LogP contribution in [0.5, 0.6) is 0 Å². The van der Waals surface area contributed by atoms with E-state index < -0.39 is 6.09 Å². The van der Waals surface area contributed by atoms with Gasteiger partial charge in [-0.15, -0.1) is 0 Å². The molecule has 0 unspecified atom stereocenters. The number of aryl methyl sites for hydroxylation is 1. The Morgan fingerprint density at radius 3 is 2.37 bits per heavy atom. The number of halogens is 2. The zero-order valence-corrected chi connectivity index (χ0v) is 18.9. The van der Waals surface area contributed by atoms with E-state index in [9.17, 15) is 9.59 Å². The highest BCUT2D eigenvalue weighted by molar-refractivity contribution is 9.10. The van der Waals surface area contributed by atoms with Crippen molar-refractivity contribution in [1.29, 1.82) is 0 Å². The molecule has 2 N–H and O–H groups in total. The zero-order valence-electron chi connectivity index (χ0n) is 16.5. The molecule has 6 nitrogen and oxygen atoms in total. The van der Waals surface area contributed by atoms with Crippen LogP contribution in [0.15, 0.2) is 53.1 Å². The molecule has 2 amide bonds. The van der Waals surface area contributed by atoms with Gasteiger partial charge in [0.15, 0.2) is 0 Å². The van der Waals surface area contributed by atoms with Gasteiger partial charge in [-0.25, -0.2) is 9.78 Å². The van der Waals surface area contributed by atoms with Crippen molar-refractivity contribution in [3.63, 3.8) is 0 Å². The molecule has 0 saturated heterocycles. The summed E-state index contributed by atoms with van der Waals surface area (Å²) in [5.41, 5.74) is 4.63. The van der Waals surface area contributed by atoms with Crippen LogP contribution in [0.3, 0.4) is 0 Å². The average molecular weight is 489 g/mol. The highest BCUT2D eigenvalue weighted by Gasteiger charge is 2.16. The molecule has 1 heterocycles. The summed E-state index contributed by atoms with van der Waals surface area (Å²) in [6, 6.07) is 12.6. The molecule has 3 rings (SSSR count). The molecule has 2 aromatic carbocycles. The number of ether oxygens (including phenoxy) is 1. The third-order valence-electron chi connectivity index (χ3n) is 4.57. The second kappa shape index (κ2) is 9.28. The minimum absolute atomic E-state index is 0.289. The van der Waals surface area contributed by atoms with E-state index in [1.54, 1.807) is 30.5 Å². The standard InChI is InChI=1S/C22H19BrClN3O3/c1-12-10-19(25-11-16(12)23)21(28)26-18-9-5-7-15(20(18)24)14-6-4-8-17(13(14)2)27-22(29)30-3/h4-11H,1-3H3,(H,26,28)(H,27,29). The summed E-state index contributed by atoms with van der Waals surface area (Å²) < 4.78 is 5.50. The molecule has 8 heteroatoms. The number of nitrogens with zero attached hydrogens (tertiary/aromatic N) is 1. The number of amides is 2. The molecule has 154 valence electrons. The van der Waals surface area contributed by atoms with Crippen LogP contribution in [0.4, 0.5) is 16.2 Å². The molecule has 0 atom stereocenters. The maximum atomic E-state index is 12.6. The number of methoxy groups -OCH3 is 1. The van der Waals surface area contributed by atoms with Crippen LogP contribution in [0, 0.1) is 13.8 Å². The minimum atomic E-state index is -0.556. The van der Waals surface area contributed by atoms with Gasteiger partial charge in [-0.1, -0.05) is 35.9 Å². The van der Waals surface area contributed by atoms with Gasteiger partial charge in [0.25, 0.3) is 5.91 Å². The first kappa shape index (κ1) is 21.8. The van der Waals surface area contributed by atoms with Crippen LogP contribution >= 0.6 is 27.5 Å². The maximum Gasteiger partial charge on any atom is 0.411 e. The summed E-state index contributed by atoms with van der Waals surface area (Å²) in [5.74, 6) is -0.359. The van der Waals surface area contributed by atoms with Gasteiger partial charge in [0, 0.05) is 21.9 Å². The topological polar surface area (TPSA) is 80.3 Å². The largest absolute Gasteiger partial charge is 0.453 e. The lowest BCUT2D eigenvalue weighted by atomic mass is 9.98. The number of pyridine rings is 1. The Hall–Kier alpha value is -2.90. The number of rotatable bonds is 4. The van der Waals surface area contributed by atoms with Gasteiger partial charge >= 0.3 is 6.09 Å². The fourth-order valence-corrected chi connectivity index (χ4v) is 3.40. The summed E-state index contributed by atoms with van der Waals surface area (Å²) in [7, 11) is 1.30. The Morgan fingerprint density at radius 1 is 1.03 bits per heavy atom. The number of carbonyl (C=O) groups is 2. The molecule has 0 fully saturated rings. The lowest BCUT2D eigenvalue weighted by Crippen LogP contribution is -2.14. The fourth-order valence-electron chi connectivity index (χ4n) is 2.91. The van der Waals surface area contributed by atoms with Gasteiger partial charge in [0.05, 0.1) is 17.8 Å². The molecular formula is C22H19BrClN3O3. The van der Waals surface area contributed by atoms with E-state index in [1.165, 1.54) is 7.11 Å². The molecule has 0 aliphatic rings. The Morgan fingerprint density at radius 2 is 1.70 bits per heavy atom. The van der Waals surface area contributed by atoms with Crippen molar-refractivity contribution in [2.75, 3.05) is 17.7 Å². The second-order valence-electron chi connectivity index (χ2n) is 6.53. The third-order valence-corrected chi connectivity index (χ3v) is 5.81. The highest BCUT2D eigenvalue weighted by Crippen LogP contribution is 2.37. The van der Waals surface area contributed by atoms with E-state index in [4.69, 9.17) is 11.6 Å². The number of aromatic nitrogens is 1. The van der Waals surface area contributed by atoms with Crippen molar-refractivity contribution < 1.29 is 14.3 Å². The van der Waals surface area contributed by atoms with Crippen LogP contribution in [-0.2, 0) is 4.74 Å². The summed E-state index contributed by atoms with van der Waals surface area (Å²) in [6.45, 7) is 3.75. The second-order valence-corrected chi connectivity index (χ2v) is 7.77. The predicted octanol–water partition coefficient (Wildman–Crippen LogP) is 6.21.